The molecule has 0 amide bonds. The van der Waals surface area contributed by atoms with Gasteiger partial charge in [0.15, 0.2) is 0 Å². The highest BCUT2D eigenvalue weighted by Crippen LogP contribution is 2.26. The van der Waals surface area contributed by atoms with E-state index in [9.17, 15) is 0 Å². The maximum Gasteiger partial charge on any atom is 0.00277 e. The van der Waals surface area contributed by atoms with Crippen molar-refractivity contribution in [3.05, 3.63) is 88.6 Å². The molecule has 0 heterocycles. The summed E-state index contributed by atoms with van der Waals surface area (Å²) in [7, 11) is 1.94. The topological polar surface area (TPSA) is 12.0 Å². The van der Waals surface area contributed by atoms with Crippen molar-refractivity contribution >= 4 is 16.8 Å². The van der Waals surface area contributed by atoms with E-state index < -0.39 is 0 Å². The largest absolute Gasteiger partial charge is 0.394 e. The van der Waals surface area contributed by atoms with E-state index in [0.717, 1.165) is 6.42 Å². The van der Waals surface area contributed by atoms with Crippen molar-refractivity contribution in [2.75, 3.05) is 7.05 Å². The molecule has 0 saturated heterocycles. The molecule has 3 rings (SSSR count). The van der Waals surface area contributed by atoms with Crippen LogP contribution >= 0.6 is 0 Å². The molecule has 0 aliphatic carbocycles. The van der Waals surface area contributed by atoms with Crippen molar-refractivity contribution < 1.29 is 0 Å². The summed E-state index contributed by atoms with van der Waals surface area (Å²) in [5.41, 5.74) is 6.74. The van der Waals surface area contributed by atoms with E-state index in [1.165, 1.54) is 38.6 Å². The molecule has 0 atom stereocenters. The van der Waals surface area contributed by atoms with Crippen molar-refractivity contribution in [2.24, 2.45) is 0 Å². The molecule has 0 radical (unpaired) electrons. The molecule has 0 saturated carbocycles. The monoisotopic (exact) mass is 301 g/mol. The number of fused-ring (bicyclic) bond motifs is 1. The van der Waals surface area contributed by atoms with E-state index in [1.54, 1.807) is 0 Å². The third-order valence-electron chi connectivity index (χ3n) is 4.36. The van der Waals surface area contributed by atoms with Gasteiger partial charge in [-0.3, -0.25) is 0 Å². The first-order chi connectivity index (χ1) is 11.2. The Bertz CT molecular complexity index is 859. The van der Waals surface area contributed by atoms with E-state index in [4.69, 9.17) is 0 Å². The standard InChI is InChI=1S/C22H23N/c1-16-8-9-17(2)20(14-16)15-19-11-10-18-6-4-5-7-21(18)22(19)12-13-23-3/h4-14,23H,15H2,1-3H3/b13-12-. The van der Waals surface area contributed by atoms with Crippen LogP contribution in [0.1, 0.15) is 27.8 Å². The summed E-state index contributed by atoms with van der Waals surface area (Å²) < 4.78 is 0. The quantitative estimate of drug-likeness (QED) is 0.695. The van der Waals surface area contributed by atoms with Crippen molar-refractivity contribution in [1.82, 2.24) is 5.32 Å². The highest BCUT2D eigenvalue weighted by molar-refractivity contribution is 5.92. The average molecular weight is 301 g/mol. The van der Waals surface area contributed by atoms with Crippen LogP contribution in [0.3, 0.4) is 0 Å². The average Bonchev–Trinajstić information content (AvgIpc) is 2.57. The first kappa shape index (κ1) is 15.4. The van der Waals surface area contributed by atoms with Crippen LogP contribution in [0.5, 0.6) is 0 Å². The molecule has 0 aliphatic rings. The smallest absolute Gasteiger partial charge is 0.00277 e. The lowest BCUT2D eigenvalue weighted by molar-refractivity contribution is 1.11. The van der Waals surface area contributed by atoms with Crippen LogP contribution in [0, 0.1) is 13.8 Å². The Kier molecular flexibility index (Phi) is 4.47. The van der Waals surface area contributed by atoms with Crippen LogP contribution in [0.15, 0.2) is 60.8 Å². The number of aryl methyl sites for hydroxylation is 2. The molecule has 1 heteroatoms. The maximum absolute atomic E-state index is 3.11. The van der Waals surface area contributed by atoms with Crippen molar-refractivity contribution in [3.8, 4) is 0 Å². The molecule has 1 N–H and O–H groups in total. The van der Waals surface area contributed by atoms with Crippen LogP contribution in [0.4, 0.5) is 0 Å². The Morgan fingerprint density at radius 3 is 2.57 bits per heavy atom. The molecule has 116 valence electrons. The highest BCUT2D eigenvalue weighted by atomic mass is 14.8. The van der Waals surface area contributed by atoms with Gasteiger partial charge in [0.1, 0.15) is 0 Å². The molecular formula is C22H23N. The predicted molar refractivity (Wildman–Crippen MR) is 101 cm³/mol. The highest BCUT2D eigenvalue weighted by Gasteiger charge is 2.08. The summed E-state index contributed by atoms with van der Waals surface area (Å²) >= 11 is 0. The summed E-state index contributed by atoms with van der Waals surface area (Å²) in [5, 5.41) is 5.70. The molecule has 0 aliphatic heterocycles. The number of benzene rings is 3. The number of nitrogens with one attached hydrogen (secondary N) is 1. The number of hydrogen-bond donors (Lipinski definition) is 1. The first-order valence-electron chi connectivity index (χ1n) is 8.09. The third kappa shape index (κ3) is 3.29. The number of rotatable bonds is 4. The van der Waals surface area contributed by atoms with Gasteiger partial charge in [-0.15, -0.1) is 0 Å². The Labute approximate surface area is 138 Å². The summed E-state index contributed by atoms with van der Waals surface area (Å²) in [6.07, 6.45) is 5.15. The Balaban J connectivity index is 2.12. The van der Waals surface area contributed by atoms with Gasteiger partial charge in [-0.2, -0.15) is 0 Å². The van der Waals surface area contributed by atoms with Crippen molar-refractivity contribution in [3.63, 3.8) is 0 Å². The van der Waals surface area contributed by atoms with Gasteiger partial charge >= 0.3 is 0 Å². The minimum absolute atomic E-state index is 0.960. The van der Waals surface area contributed by atoms with E-state index in [2.05, 4.69) is 79.8 Å². The second-order valence-electron chi connectivity index (χ2n) is 6.09. The molecule has 1 nitrogen and oxygen atoms in total. The first-order valence-corrected chi connectivity index (χ1v) is 8.09. The van der Waals surface area contributed by atoms with Crippen LogP contribution in [0.25, 0.3) is 16.8 Å². The molecule has 0 bridgehead atoms. The van der Waals surface area contributed by atoms with Gasteiger partial charge in [-0.25, -0.2) is 0 Å². The van der Waals surface area contributed by atoms with Gasteiger partial charge in [0.2, 0.25) is 0 Å². The van der Waals surface area contributed by atoms with Gasteiger partial charge in [-0.1, -0.05) is 60.2 Å². The van der Waals surface area contributed by atoms with E-state index in [-0.39, 0.29) is 0 Å². The van der Waals surface area contributed by atoms with Gasteiger partial charge < -0.3 is 5.32 Å². The van der Waals surface area contributed by atoms with E-state index >= 15 is 0 Å². The van der Waals surface area contributed by atoms with Crippen LogP contribution in [0.2, 0.25) is 0 Å². The molecule has 0 spiro atoms. The van der Waals surface area contributed by atoms with Gasteiger partial charge in [0.05, 0.1) is 0 Å². The normalized spacial score (nSPS) is 11.3. The van der Waals surface area contributed by atoms with Crippen LogP contribution in [-0.4, -0.2) is 7.05 Å². The van der Waals surface area contributed by atoms with Gasteiger partial charge in [0.25, 0.3) is 0 Å². The predicted octanol–water partition coefficient (Wildman–Crippen LogP) is 5.24. The zero-order valence-electron chi connectivity index (χ0n) is 14.1. The van der Waals surface area contributed by atoms with Gasteiger partial charge in [0, 0.05) is 7.05 Å². The summed E-state index contributed by atoms with van der Waals surface area (Å²) in [6.45, 7) is 4.35. The fraction of sp³-hybridized carbons (Fsp3) is 0.182. The second-order valence-corrected chi connectivity index (χ2v) is 6.09. The fourth-order valence-corrected chi connectivity index (χ4v) is 3.05. The van der Waals surface area contributed by atoms with E-state index in [1.807, 2.05) is 13.2 Å². The number of hydrogen-bond acceptors (Lipinski definition) is 1. The molecule has 3 aromatic carbocycles. The van der Waals surface area contributed by atoms with Gasteiger partial charge in [-0.05, 0) is 65.6 Å². The fourth-order valence-electron chi connectivity index (χ4n) is 3.05. The van der Waals surface area contributed by atoms with Crippen molar-refractivity contribution in [2.45, 2.75) is 20.3 Å². The second kappa shape index (κ2) is 6.70. The molecule has 0 unspecified atom stereocenters. The molecule has 23 heavy (non-hydrogen) atoms. The lowest BCUT2D eigenvalue weighted by atomic mass is 9.92. The van der Waals surface area contributed by atoms with Crippen LogP contribution in [-0.2, 0) is 6.42 Å². The summed E-state index contributed by atoms with van der Waals surface area (Å²) in [4.78, 5) is 0. The summed E-state index contributed by atoms with van der Waals surface area (Å²) in [6, 6.07) is 19.8. The third-order valence-corrected chi connectivity index (χ3v) is 4.36. The Morgan fingerprint density at radius 1 is 0.913 bits per heavy atom. The minimum atomic E-state index is 0.960. The van der Waals surface area contributed by atoms with Crippen molar-refractivity contribution in [1.29, 1.82) is 0 Å². The zero-order valence-corrected chi connectivity index (χ0v) is 14.1. The lowest BCUT2D eigenvalue weighted by Gasteiger charge is -2.13. The van der Waals surface area contributed by atoms with Crippen LogP contribution < -0.4 is 5.32 Å². The SMILES string of the molecule is CN/C=C\c1c(Cc2cc(C)ccc2C)ccc2ccccc12. The molecule has 0 aromatic heterocycles. The minimum Gasteiger partial charge on any atom is -0.394 e. The maximum atomic E-state index is 3.11. The summed E-state index contributed by atoms with van der Waals surface area (Å²) in [5.74, 6) is 0. The Morgan fingerprint density at radius 2 is 1.74 bits per heavy atom. The Hall–Kier alpha value is -2.54. The molecule has 3 aromatic rings. The molecular weight excluding hydrogens is 278 g/mol. The molecule has 0 fully saturated rings. The van der Waals surface area contributed by atoms with E-state index in [0.29, 0.717) is 0 Å². The lowest BCUT2D eigenvalue weighted by Crippen LogP contribution is -1.98. The zero-order chi connectivity index (χ0) is 16.2.